The number of aliphatic hydroxyl groups excluding tert-OH is 1. The fourth-order valence-electron chi connectivity index (χ4n) is 1.09. The Labute approximate surface area is 82.4 Å². The number of hydrogen-bond donors (Lipinski definition) is 1. The molecule has 1 aromatic carbocycles. The van der Waals surface area contributed by atoms with E-state index < -0.39 is 0 Å². The lowest BCUT2D eigenvalue weighted by atomic mass is 10.1. The standard InChI is InChI=1S/C10H12O3.H2O/c1-2-13-10-4-3-8(6-11)5-9(10)7-12;/h3-6,12H,2,7H2,1H3;1H2. The summed E-state index contributed by atoms with van der Waals surface area (Å²) >= 11 is 0. The third kappa shape index (κ3) is 2.83. The van der Waals surface area contributed by atoms with Crippen molar-refractivity contribution < 1.29 is 20.1 Å². The van der Waals surface area contributed by atoms with Gasteiger partial charge in [-0.3, -0.25) is 4.79 Å². The zero-order valence-corrected chi connectivity index (χ0v) is 7.99. The first-order valence-electron chi connectivity index (χ1n) is 4.13. The number of ether oxygens (including phenoxy) is 1. The molecule has 0 aliphatic carbocycles. The van der Waals surface area contributed by atoms with Crippen LogP contribution >= 0.6 is 0 Å². The molecule has 0 bridgehead atoms. The van der Waals surface area contributed by atoms with Crippen LogP contribution in [0.3, 0.4) is 0 Å². The molecule has 0 aliphatic heterocycles. The molecule has 78 valence electrons. The van der Waals surface area contributed by atoms with Gasteiger partial charge in [-0.15, -0.1) is 0 Å². The Kier molecular flexibility index (Phi) is 5.52. The van der Waals surface area contributed by atoms with Gasteiger partial charge >= 0.3 is 0 Å². The van der Waals surface area contributed by atoms with Crippen LogP contribution in [0.1, 0.15) is 22.8 Å². The maximum absolute atomic E-state index is 10.4. The molecule has 4 heteroatoms. The number of carbonyl (C=O) groups is 1. The summed E-state index contributed by atoms with van der Waals surface area (Å²) in [6.45, 7) is 2.30. The van der Waals surface area contributed by atoms with Gasteiger partial charge in [-0.05, 0) is 25.1 Å². The van der Waals surface area contributed by atoms with Crippen LogP contribution in [0.2, 0.25) is 0 Å². The summed E-state index contributed by atoms with van der Waals surface area (Å²) in [5.41, 5.74) is 1.19. The van der Waals surface area contributed by atoms with Crippen molar-refractivity contribution in [2.24, 2.45) is 0 Å². The minimum absolute atomic E-state index is 0. The fraction of sp³-hybridized carbons (Fsp3) is 0.300. The van der Waals surface area contributed by atoms with E-state index in [0.717, 1.165) is 6.29 Å². The van der Waals surface area contributed by atoms with Crippen LogP contribution in [-0.4, -0.2) is 23.5 Å². The van der Waals surface area contributed by atoms with Gasteiger partial charge < -0.3 is 15.3 Å². The Morgan fingerprint density at radius 2 is 2.21 bits per heavy atom. The molecule has 0 saturated heterocycles. The Balaban J connectivity index is 0.00000169. The lowest BCUT2D eigenvalue weighted by Gasteiger charge is -2.07. The largest absolute Gasteiger partial charge is 0.494 e. The molecule has 0 unspecified atom stereocenters. The van der Waals surface area contributed by atoms with E-state index in [2.05, 4.69) is 0 Å². The van der Waals surface area contributed by atoms with Crippen molar-refractivity contribution in [2.75, 3.05) is 6.61 Å². The lowest BCUT2D eigenvalue weighted by molar-refractivity contribution is 0.112. The number of carbonyl (C=O) groups excluding carboxylic acids is 1. The molecule has 0 aromatic heterocycles. The molecule has 4 nitrogen and oxygen atoms in total. The summed E-state index contributed by atoms with van der Waals surface area (Å²) < 4.78 is 5.25. The monoisotopic (exact) mass is 198 g/mol. The van der Waals surface area contributed by atoms with E-state index in [9.17, 15) is 4.79 Å². The van der Waals surface area contributed by atoms with E-state index in [1.165, 1.54) is 0 Å². The summed E-state index contributed by atoms with van der Waals surface area (Å²) in [5, 5.41) is 8.97. The minimum Gasteiger partial charge on any atom is -0.494 e. The van der Waals surface area contributed by atoms with E-state index >= 15 is 0 Å². The van der Waals surface area contributed by atoms with Gasteiger partial charge in [-0.1, -0.05) is 0 Å². The average Bonchev–Trinajstić information content (AvgIpc) is 2.19. The van der Waals surface area contributed by atoms with Crippen molar-refractivity contribution >= 4 is 6.29 Å². The van der Waals surface area contributed by atoms with E-state index in [1.807, 2.05) is 6.92 Å². The normalized spacial score (nSPS) is 9.00. The number of aliphatic hydroxyl groups is 1. The second-order valence-corrected chi connectivity index (χ2v) is 2.58. The van der Waals surface area contributed by atoms with Gasteiger partial charge in [-0.2, -0.15) is 0 Å². The van der Waals surface area contributed by atoms with Gasteiger partial charge in [0.2, 0.25) is 0 Å². The van der Waals surface area contributed by atoms with Crippen LogP contribution in [-0.2, 0) is 6.61 Å². The second kappa shape index (κ2) is 6.12. The van der Waals surface area contributed by atoms with Crippen LogP contribution in [0, 0.1) is 0 Å². The van der Waals surface area contributed by atoms with Crippen molar-refractivity contribution in [1.82, 2.24) is 0 Å². The first-order valence-corrected chi connectivity index (χ1v) is 4.13. The maximum Gasteiger partial charge on any atom is 0.150 e. The zero-order chi connectivity index (χ0) is 9.68. The molecule has 0 radical (unpaired) electrons. The molecule has 3 N–H and O–H groups in total. The Morgan fingerprint density at radius 1 is 1.50 bits per heavy atom. The predicted octanol–water partition coefficient (Wildman–Crippen LogP) is 0.565. The highest BCUT2D eigenvalue weighted by Crippen LogP contribution is 2.19. The highest BCUT2D eigenvalue weighted by atomic mass is 16.5. The van der Waals surface area contributed by atoms with Crippen LogP contribution in [0.4, 0.5) is 0 Å². The SMILES string of the molecule is CCOc1ccc(C=O)cc1CO.O. The summed E-state index contributed by atoms with van der Waals surface area (Å²) in [6, 6.07) is 4.98. The second-order valence-electron chi connectivity index (χ2n) is 2.58. The van der Waals surface area contributed by atoms with Crippen molar-refractivity contribution in [3.8, 4) is 5.75 Å². The third-order valence-corrected chi connectivity index (χ3v) is 1.69. The van der Waals surface area contributed by atoms with Gasteiger partial charge in [0.1, 0.15) is 12.0 Å². The van der Waals surface area contributed by atoms with Gasteiger partial charge in [0, 0.05) is 11.1 Å². The number of aldehydes is 1. The van der Waals surface area contributed by atoms with E-state index in [4.69, 9.17) is 9.84 Å². The topological polar surface area (TPSA) is 78.0 Å². The van der Waals surface area contributed by atoms with Gasteiger partial charge in [-0.25, -0.2) is 0 Å². The molecule has 0 atom stereocenters. The summed E-state index contributed by atoms with van der Waals surface area (Å²) in [5.74, 6) is 0.635. The molecule has 0 fully saturated rings. The molecule has 0 amide bonds. The Morgan fingerprint density at radius 3 is 2.71 bits per heavy atom. The van der Waals surface area contributed by atoms with Gasteiger partial charge in [0.25, 0.3) is 0 Å². The highest BCUT2D eigenvalue weighted by Gasteiger charge is 2.02. The molecule has 1 aromatic rings. The van der Waals surface area contributed by atoms with Crippen LogP contribution < -0.4 is 4.74 Å². The van der Waals surface area contributed by atoms with E-state index in [-0.39, 0.29) is 12.1 Å². The summed E-state index contributed by atoms with van der Waals surface area (Å²) in [7, 11) is 0. The average molecular weight is 198 g/mol. The molecule has 1 rings (SSSR count). The first kappa shape index (κ1) is 12.6. The number of rotatable bonds is 4. The van der Waals surface area contributed by atoms with Crippen molar-refractivity contribution in [3.05, 3.63) is 29.3 Å². The van der Waals surface area contributed by atoms with Crippen LogP contribution in [0.5, 0.6) is 5.75 Å². The highest BCUT2D eigenvalue weighted by molar-refractivity contribution is 5.75. The molecule has 0 aliphatic rings. The van der Waals surface area contributed by atoms with E-state index in [1.54, 1.807) is 18.2 Å². The predicted molar refractivity (Wildman–Crippen MR) is 52.5 cm³/mol. The molecule has 0 heterocycles. The van der Waals surface area contributed by atoms with Crippen molar-refractivity contribution in [1.29, 1.82) is 0 Å². The van der Waals surface area contributed by atoms with Crippen LogP contribution in [0.25, 0.3) is 0 Å². The summed E-state index contributed by atoms with van der Waals surface area (Å²) in [6.07, 6.45) is 0.745. The van der Waals surface area contributed by atoms with Crippen LogP contribution in [0.15, 0.2) is 18.2 Å². The minimum atomic E-state index is -0.114. The van der Waals surface area contributed by atoms with Crippen molar-refractivity contribution in [2.45, 2.75) is 13.5 Å². The molecule has 0 spiro atoms. The smallest absolute Gasteiger partial charge is 0.150 e. The molecular weight excluding hydrogens is 184 g/mol. The third-order valence-electron chi connectivity index (χ3n) is 1.69. The fourth-order valence-corrected chi connectivity index (χ4v) is 1.09. The maximum atomic E-state index is 10.4. The van der Waals surface area contributed by atoms with Crippen molar-refractivity contribution in [3.63, 3.8) is 0 Å². The lowest BCUT2D eigenvalue weighted by Crippen LogP contribution is -1.97. The van der Waals surface area contributed by atoms with Gasteiger partial charge in [0.15, 0.2) is 0 Å². The Hall–Kier alpha value is -1.39. The quantitative estimate of drug-likeness (QED) is 0.718. The molecule has 0 saturated carbocycles. The van der Waals surface area contributed by atoms with Gasteiger partial charge in [0.05, 0.1) is 13.2 Å². The zero-order valence-electron chi connectivity index (χ0n) is 7.99. The number of benzene rings is 1. The molecular formula is C10H14O4. The molecule has 14 heavy (non-hydrogen) atoms. The summed E-state index contributed by atoms with van der Waals surface area (Å²) in [4.78, 5) is 10.4. The number of hydrogen-bond acceptors (Lipinski definition) is 3. The Bertz CT molecular complexity index is 296. The van der Waals surface area contributed by atoms with E-state index in [0.29, 0.717) is 23.5 Å². The first-order chi connectivity index (χ1) is 6.31.